The summed E-state index contributed by atoms with van der Waals surface area (Å²) in [7, 11) is 0. The Labute approximate surface area is 158 Å². The summed E-state index contributed by atoms with van der Waals surface area (Å²) >= 11 is 17.0. The predicted octanol–water partition coefficient (Wildman–Crippen LogP) is 6.75. The van der Waals surface area contributed by atoms with Crippen LogP contribution in [0.25, 0.3) is 0 Å². The highest BCUT2D eigenvalue weighted by molar-refractivity contribution is 9.12. The van der Waals surface area contributed by atoms with E-state index in [0.29, 0.717) is 11.3 Å². The average Bonchev–Trinajstić information content (AvgIpc) is 2.32. The van der Waals surface area contributed by atoms with Crippen LogP contribution in [0, 0.1) is 0 Å². The number of benzene rings is 2. The van der Waals surface area contributed by atoms with Crippen molar-refractivity contribution in [3.8, 4) is 0 Å². The molecule has 0 atom stereocenters. The fraction of sp³-hybridized carbons (Fsp3) is 0. The molecule has 0 aromatic heterocycles. The zero-order valence-corrected chi connectivity index (χ0v) is 17.6. The van der Waals surface area contributed by atoms with Gasteiger partial charge in [-0.05, 0) is 62.2 Å². The second-order valence-electron chi connectivity index (χ2n) is 3.86. The number of halogens is 5. The summed E-state index contributed by atoms with van der Waals surface area (Å²) in [5.41, 5.74) is 1.25. The van der Waals surface area contributed by atoms with Gasteiger partial charge in [0.05, 0.1) is 5.69 Å². The van der Waals surface area contributed by atoms with Crippen molar-refractivity contribution < 1.29 is 4.79 Å². The Morgan fingerprint density at radius 2 is 1.20 bits per heavy atom. The van der Waals surface area contributed by atoms with E-state index in [-0.39, 0.29) is 5.91 Å². The van der Waals surface area contributed by atoms with Gasteiger partial charge in [-0.1, -0.05) is 47.8 Å². The molecule has 7 heteroatoms. The third-order valence-electron chi connectivity index (χ3n) is 2.37. The zero-order valence-electron chi connectivity index (χ0n) is 9.68. The van der Waals surface area contributed by atoms with Crippen molar-refractivity contribution in [2.45, 2.75) is 0 Å². The molecule has 0 aliphatic heterocycles. The summed E-state index contributed by atoms with van der Waals surface area (Å²) in [4.78, 5) is 12.3. The highest BCUT2D eigenvalue weighted by Crippen LogP contribution is 2.34. The molecule has 2 rings (SSSR count). The summed E-state index contributed by atoms with van der Waals surface area (Å²) in [6.45, 7) is 0. The van der Waals surface area contributed by atoms with Gasteiger partial charge in [-0.25, -0.2) is 0 Å². The fourth-order valence-electron chi connectivity index (χ4n) is 1.53. The lowest BCUT2D eigenvalue weighted by atomic mass is 10.2. The molecule has 0 aliphatic carbocycles. The minimum atomic E-state index is -0.185. The molecule has 104 valence electrons. The van der Waals surface area contributed by atoms with Gasteiger partial charge in [0.2, 0.25) is 0 Å². The van der Waals surface area contributed by atoms with Crippen LogP contribution in [0.2, 0.25) is 0 Å². The lowest BCUT2D eigenvalue weighted by Gasteiger charge is -2.11. The molecule has 0 fully saturated rings. The van der Waals surface area contributed by atoms with Crippen LogP contribution in [0.1, 0.15) is 10.4 Å². The summed E-state index contributed by atoms with van der Waals surface area (Å²) in [6, 6.07) is 9.15. The molecule has 2 aromatic rings. The van der Waals surface area contributed by atoms with Crippen LogP contribution >= 0.6 is 79.6 Å². The minimum absolute atomic E-state index is 0.185. The molecular formula is C13H6Br5NO. The Bertz CT molecular complexity index is 643. The van der Waals surface area contributed by atoms with Gasteiger partial charge in [0, 0.05) is 27.9 Å². The maximum atomic E-state index is 12.3. The first kappa shape index (κ1) is 16.7. The Morgan fingerprint density at radius 3 is 1.70 bits per heavy atom. The van der Waals surface area contributed by atoms with Crippen LogP contribution in [0.4, 0.5) is 5.69 Å². The maximum absolute atomic E-state index is 12.3. The van der Waals surface area contributed by atoms with E-state index < -0.39 is 0 Å². The first-order valence-corrected chi connectivity index (χ1v) is 9.25. The first-order valence-electron chi connectivity index (χ1n) is 5.29. The number of hydrogen-bond acceptors (Lipinski definition) is 1. The summed E-state index contributed by atoms with van der Waals surface area (Å²) < 4.78 is 4.18. The van der Waals surface area contributed by atoms with Gasteiger partial charge in [-0.15, -0.1) is 0 Å². The monoisotopic (exact) mass is 587 g/mol. The summed E-state index contributed by atoms with van der Waals surface area (Å²) in [6.07, 6.45) is 0. The van der Waals surface area contributed by atoms with E-state index >= 15 is 0 Å². The molecule has 0 unspecified atom stereocenters. The smallest absolute Gasteiger partial charge is 0.255 e. The Balaban J connectivity index is 2.32. The standard InChI is InChI=1S/C13H6Br5NO/c14-7-1-6(2-8(15)3-7)13(20)19-12-10(17)4-9(16)5-11(12)18/h1-5H,(H,19,20). The SMILES string of the molecule is O=C(Nc1c(Br)cc(Br)cc1Br)c1cc(Br)cc(Br)c1. The first-order chi connectivity index (χ1) is 9.36. The summed E-state index contributed by atoms with van der Waals surface area (Å²) in [5, 5.41) is 2.88. The second-order valence-corrected chi connectivity index (χ2v) is 8.31. The van der Waals surface area contributed by atoms with E-state index in [9.17, 15) is 4.79 Å². The Hall–Kier alpha value is 0.310. The van der Waals surface area contributed by atoms with E-state index in [4.69, 9.17) is 0 Å². The second kappa shape index (κ2) is 7.05. The molecule has 0 bridgehead atoms. The topological polar surface area (TPSA) is 29.1 Å². The van der Waals surface area contributed by atoms with Crippen molar-refractivity contribution in [1.82, 2.24) is 0 Å². The zero-order chi connectivity index (χ0) is 14.9. The number of anilines is 1. The van der Waals surface area contributed by atoms with Gasteiger partial charge >= 0.3 is 0 Å². The molecule has 1 N–H and O–H groups in total. The van der Waals surface area contributed by atoms with Crippen molar-refractivity contribution in [2.75, 3.05) is 5.32 Å². The van der Waals surface area contributed by atoms with E-state index in [1.165, 1.54) is 0 Å². The van der Waals surface area contributed by atoms with Crippen LogP contribution in [0.5, 0.6) is 0 Å². The molecule has 2 aromatic carbocycles. The lowest BCUT2D eigenvalue weighted by Crippen LogP contribution is -2.12. The van der Waals surface area contributed by atoms with Gasteiger partial charge in [0.15, 0.2) is 0 Å². The van der Waals surface area contributed by atoms with Gasteiger partial charge in [0.1, 0.15) is 0 Å². The molecule has 1 amide bonds. The van der Waals surface area contributed by atoms with Crippen LogP contribution in [0.3, 0.4) is 0 Å². The van der Waals surface area contributed by atoms with Crippen LogP contribution in [-0.4, -0.2) is 5.91 Å². The van der Waals surface area contributed by atoms with E-state index in [1.54, 1.807) is 12.1 Å². The van der Waals surface area contributed by atoms with E-state index in [2.05, 4.69) is 85.0 Å². The summed E-state index contributed by atoms with van der Waals surface area (Å²) in [5.74, 6) is -0.185. The normalized spacial score (nSPS) is 10.4. The average molecular weight is 592 g/mol. The van der Waals surface area contributed by atoms with Crippen molar-refractivity contribution in [1.29, 1.82) is 0 Å². The third kappa shape index (κ3) is 4.16. The predicted molar refractivity (Wildman–Crippen MR) is 99.3 cm³/mol. The number of carbonyl (C=O) groups is 1. The lowest BCUT2D eigenvalue weighted by molar-refractivity contribution is 0.102. The molecular weight excluding hydrogens is 586 g/mol. The quantitative estimate of drug-likeness (QED) is 0.411. The highest BCUT2D eigenvalue weighted by Gasteiger charge is 2.13. The van der Waals surface area contributed by atoms with Gasteiger partial charge < -0.3 is 5.32 Å². The maximum Gasteiger partial charge on any atom is 0.255 e. The minimum Gasteiger partial charge on any atom is -0.320 e. The number of rotatable bonds is 2. The molecule has 0 saturated carbocycles. The molecule has 0 aliphatic rings. The molecule has 0 heterocycles. The van der Waals surface area contributed by atoms with Crippen molar-refractivity contribution in [2.24, 2.45) is 0 Å². The number of nitrogens with one attached hydrogen (secondary N) is 1. The van der Waals surface area contributed by atoms with Crippen LogP contribution in [-0.2, 0) is 0 Å². The number of carbonyl (C=O) groups excluding carboxylic acids is 1. The Kier molecular flexibility index (Phi) is 5.88. The van der Waals surface area contributed by atoms with Crippen molar-refractivity contribution >= 4 is 91.2 Å². The Morgan fingerprint density at radius 1 is 0.750 bits per heavy atom. The van der Waals surface area contributed by atoms with Gasteiger partial charge in [-0.3, -0.25) is 4.79 Å². The molecule has 0 saturated heterocycles. The van der Waals surface area contributed by atoms with Crippen LogP contribution in [0.15, 0.2) is 52.7 Å². The van der Waals surface area contributed by atoms with Crippen LogP contribution < -0.4 is 5.32 Å². The van der Waals surface area contributed by atoms with Gasteiger partial charge in [0.25, 0.3) is 5.91 Å². The highest BCUT2D eigenvalue weighted by atomic mass is 79.9. The number of hydrogen-bond donors (Lipinski definition) is 1. The van der Waals surface area contributed by atoms with E-state index in [0.717, 1.165) is 22.4 Å². The molecule has 0 radical (unpaired) electrons. The number of amides is 1. The fourth-order valence-corrected chi connectivity index (χ4v) is 5.28. The largest absolute Gasteiger partial charge is 0.320 e. The molecule has 20 heavy (non-hydrogen) atoms. The molecule has 2 nitrogen and oxygen atoms in total. The van der Waals surface area contributed by atoms with Gasteiger partial charge in [-0.2, -0.15) is 0 Å². The van der Waals surface area contributed by atoms with Crippen molar-refractivity contribution in [3.05, 3.63) is 58.3 Å². The third-order valence-corrected chi connectivity index (χ3v) is 4.99. The van der Waals surface area contributed by atoms with E-state index in [1.807, 2.05) is 18.2 Å². The van der Waals surface area contributed by atoms with Crippen molar-refractivity contribution in [3.63, 3.8) is 0 Å². The molecule has 0 spiro atoms.